The molecule has 0 saturated heterocycles. The van der Waals surface area contributed by atoms with Crippen molar-refractivity contribution in [1.29, 1.82) is 0 Å². The number of hydrogen-bond acceptors (Lipinski definition) is 6. The van der Waals surface area contributed by atoms with E-state index in [4.69, 9.17) is 10.5 Å². The lowest BCUT2D eigenvalue weighted by molar-refractivity contribution is -0.142. The minimum absolute atomic E-state index is 0.121. The van der Waals surface area contributed by atoms with Crippen LogP contribution in [0.15, 0.2) is 24.3 Å². The number of carbonyl (C=O) groups excluding carboxylic acids is 1. The van der Waals surface area contributed by atoms with Crippen LogP contribution in [-0.4, -0.2) is 39.9 Å². The van der Waals surface area contributed by atoms with Crippen LogP contribution in [0.4, 0.5) is 5.69 Å². The molecule has 21 heavy (non-hydrogen) atoms. The van der Waals surface area contributed by atoms with E-state index in [0.29, 0.717) is 11.4 Å². The summed E-state index contributed by atoms with van der Waals surface area (Å²) in [6.45, 7) is 2.21. The summed E-state index contributed by atoms with van der Waals surface area (Å²) in [5.41, 5.74) is 6.16. The van der Waals surface area contributed by atoms with Gasteiger partial charge >= 0.3 is 5.97 Å². The van der Waals surface area contributed by atoms with Gasteiger partial charge in [0, 0.05) is 12.2 Å². The zero-order valence-electron chi connectivity index (χ0n) is 11.9. The maximum Gasteiger partial charge on any atom is 0.306 e. The van der Waals surface area contributed by atoms with Gasteiger partial charge in [-0.1, -0.05) is 0 Å². The highest BCUT2D eigenvalue weighted by Gasteiger charge is 2.13. The number of sulfonamides is 1. The lowest BCUT2D eigenvalue weighted by Crippen LogP contribution is -2.31. The van der Waals surface area contributed by atoms with E-state index in [2.05, 4.69) is 9.46 Å². The molecule has 0 saturated carbocycles. The van der Waals surface area contributed by atoms with Gasteiger partial charge in [0.05, 0.1) is 18.8 Å². The molecule has 3 N–H and O–H groups in total. The standard InChI is InChI=1S/C13H20N2O5S/c1-2-19-13(16)7-10-21(17,18)15-8-9-20-12-5-3-11(14)4-6-12/h3-6,15H,2,7-10,14H2,1H3. The molecule has 1 aromatic rings. The number of anilines is 1. The first-order valence-electron chi connectivity index (χ1n) is 6.54. The summed E-state index contributed by atoms with van der Waals surface area (Å²) in [5, 5.41) is 0. The Morgan fingerprint density at radius 1 is 1.29 bits per heavy atom. The van der Waals surface area contributed by atoms with Crippen molar-refractivity contribution in [3.63, 3.8) is 0 Å². The molecule has 0 radical (unpaired) electrons. The molecule has 0 bridgehead atoms. The van der Waals surface area contributed by atoms with E-state index in [1.807, 2.05) is 0 Å². The van der Waals surface area contributed by atoms with Crippen molar-refractivity contribution in [3.05, 3.63) is 24.3 Å². The van der Waals surface area contributed by atoms with Gasteiger partial charge in [-0.25, -0.2) is 13.1 Å². The molecule has 8 heteroatoms. The van der Waals surface area contributed by atoms with Crippen molar-refractivity contribution in [3.8, 4) is 5.75 Å². The molecule has 7 nitrogen and oxygen atoms in total. The molecule has 0 aliphatic carbocycles. The Morgan fingerprint density at radius 2 is 1.95 bits per heavy atom. The summed E-state index contributed by atoms with van der Waals surface area (Å²) in [5.74, 6) is -0.218. The summed E-state index contributed by atoms with van der Waals surface area (Å²) in [6, 6.07) is 6.78. The summed E-state index contributed by atoms with van der Waals surface area (Å²) in [6.07, 6.45) is -0.165. The molecule has 0 aliphatic rings. The van der Waals surface area contributed by atoms with Crippen molar-refractivity contribution in [2.75, 3.05) is 31.2 Å². The van der Waals surface area contributed by atoms with E-state index >= 15 is 0 Å². The predicted molar refractivity (Wildman–Crippen MR) is 79.4 cm³/mol. The smallest absolute Gasteiger partial charge is 0.306 e. The van der Waals surface area contributed by atoms with Crippen LogP contribution >= 0.6 is 0 Å². The molecule has 0 spiro atoms. The van der Waals surface area contributed by atoms with Gasteiger partial charge in [-0.2, -0.15) is 0 Å². The highest BCUT2D eigenvalue weighted by atomic mass is 32.2. The van der Waals surface area contributed by atoms with E-state index in [0.717, 1.165) is 0 Å². The fourth-order valence-electron chi connectivity index (χ4n) is 1.45. The number of rotatable bonds is 9. The molecule has 0 unspecified atom stereocenters. The number of benzene rings is 1. The Balaban J connectivity index is 2.24. The van der Waals surface area contributed by atoms with E-state index in [9.17, 15) is 13.2 Å². The van der Waals surface area contributed by atoms with Crippen molar-refractivity contribution < 1.29 is 22.7 Å². The first-order chi connectivity index (χ1) is 9.93. The Morgan fingerprint density at radius 3 is 2.57 bits per heavy atom. The third kappa shape index (κ3) is 7.52. The van der Waals surface area contributed by atoms with Crippen LogP contribution in [0, 0.1) is 0 Å². The molecule has 0 heterocycles. The fourth-order valence-corrected chi connectivity index (χ4v) is 2.43. The average Bonchev–Trinajstić information content (AvgIpc) is 2.44. The van der Waals surface area contributed by atoms with E-state index < -0.39 is 16.0 Å². The molecule has 0 aliphatic heterocycles. The van der Waals surface area contributed by atoms with Crippen LogP contribution in [0.25, 0.3) is 0 Å². The van der Waals surface area contributed by atoms with Gasteiger partial charge in [-0.05, 0) is 31.2 Å². The van der Waals surface area contributed by atoms with Gasteiger partial charge in [-0.3, -0.25) is 4.79 Å². The van der Waals surface area contributed by atoms with Gasteiger partial charge in [-0.15, -0.1) is 0 Å². The molecule has 1 aromatic carbocycles. The monoisotopic (exact) mass is 316 g/mol. The zero-order chi connectivity index (χ0) is 15.7. The van der Waals surface area contributed by atoms with E-state index in [1.165, 1.54) is 0 Å². The molecule has 0 atom stereocenters. The number of nitrogens with two attached hydrogens (primary N) is 1. The van der Waals surface area contributed by atoms with Crippen molar-refractivity contribution >= 4 is 21.7 Å². The van der Waals surface area contributed by atoms with E-state index in [-0.39, 0.29) is 31.9 Å². The highest BCUT2D eigenvalue weighted by molar-refractivity contribution is 7.89. The molecular weight excluding hydrogens is 296 g/mol. The third-order valence-corrected chi connectivity index (χ3v) is 3.84. The first-order valence-corrected chi connectivity index (χ1v) is 8.19. The second kappa shape index (κ2) is 8.48. The van der Waals surface area contributed by atoms with Gasteiger partial charge in [0.15, 0.2) is 0 Å². The zero-order valence-corrected chi connectivity index (χ0v) is 12.7. The SMILES string of the molecule is CCOC(=O)CCS(=O)(=O)NCCOc1ccc(N)cc1. The summed E-state index contributed by atoms with van der Waals surface area (Å²) in [4.78, 5) is 11.1. The van der Waals surface area contributed by atoms with Gasteiger partial charge in [0.2, 0.25) is 10.0 Å². The lowest BCUT2D eigenvalue weighted by atomic mass is 10.3. The largest absolute Gasteiger partial charge is 0.492 e. The van der Waals surface area contributed by atoms with Gasteiger partial charge < -0.3 is 15.2 Å². The molecule has 0 amide bonds. The minimum atomic E-state index is -3.51. The van der Waals surface area contributed by atoms with Crippen LogP contribution in [0.5, 0.6) is 5.75 Å². The van der Waals surface area contributed by atoms with Crippen molar-refractivity contribution in [2.24, 2.45) is 0 Å². The fraction of sp³-hybridized carbons (Fsp3) is 0.462. The van der Waals surface area contributed by atoms with Crippen molar-refractivity contribution in [1.82, 2.24) is 4.72 Å². The second-order valence-corrected chi connectivity index (χ2v) is 6.11. The maximum atomic E-state index is 11.6. The predicted octanol–water partition coefficient (Wildman–Crippen LogP) is 0.520. The molecular formula is C13H20N2O5S. The molecule has 1 rings (SSSR count). The average molecular weight is 316 g/mol. The Labute approximate surface area is 124 Å². The minimum Gasteiger partial charge on any atom is -0.492 e. The second-order valence-electron chi connectivity index (χ2n) is 4.19. The highest BCUT2D eigenvalue weighted by Crippen LogP contribution is 2.12. The van der Waals surface area contributed by atoms with Gasteiger partial charge in [0.1, 0.15) is 12.4 Å². The lowest BCUT2D eigenvalue weighted by Gasteiger charge is -2.08. The number of ether oxygens (including phenoxy) is 2. The number of carbonyl (C=O) groups is 1. The summed E-state index contributed by atoms with van der Waals surface area (Å²) < 4.78 is 35.6. The first kappa shape index (κ1) is 17.3. The summed E-state index contributed by atoms with van der Waals surface area (Å²) >= 11 is 0. The normalized spacial score (nSPS) is 11.1. The molecule has 118 valence electrons. The topological polar surface area (TPSA) is 108 Å². The van der Waals surface area contributed by atoms with Crippen LogP contribution in [0.3, 0.4) is 0 Å². The number of nitrogens with one attached hydrogen (secondary N) is 1. The molecule has 0 fully saturated rings. The Hall–Kier alpha value is -1.80. The summed E-state index contributed by atoms with van der Waals surface area (Å²) in [7, 11) is -3.51. The van der Waals surface area contributed by atoms with Crippen LogP contribution in [0.2, 0.25) is 0 Å². The Kier molecular flexibility index (Phi) is 6.97. The van der Waals surface area contributed by atoms with Crippen molar-refractivity contribution in [2.45, 2.75) is 13.3 Å². The molecule has 0 aromatic heterocycles. The number of nitrogen functional groups attached to an aromatic ring is 1. The quantitative estimate of drug-likeness (QED) is 0.391. The van der Waals surface area contributed by atoms with E-state index in [1.54, 1.807) is 31.2 Å². The maximum absolute atomic E-state index is 11.6. The van der Waals surface area contributed by atoms with Gasteiger partial charge in [0.25, 0.3) is 0 Å². The van der Waals surface area contributed by atoms with Crippen LogP contribution < -0.4 is 15.2 Å². The number of esters is 1. The van der Waals surface area contributed by atoms with Crippen LogP contribution in [-0.2, 0) is 19.6 Å². The Bertz CT molecular complexity index is 542. The van der Waals surface area contributed by atoms with Crippen LogP contribution in [0.1, 0.15) is 13.3 Å². The third-order valence-electron chi connectivity index (χ3n) is 2.45. The number of hydrogen-bond donors (Lipinski definition) is 2.